The molecule has 2 aromatic rings. The fourth-order valence-corrected chi connectivity index (χ4v) is 3.25. The predicted octanol–water partition coefficient (Wildman–Crippen LogP) is 1.55. The first kappa shape index (κ1) is 15.1. The first-order valence-electron chi connectivity index (χ1n) is 6.18. The Morgan fingerprint density at radius 1 is 1.25 bits per heavy atom. The number of hydrogen-bond acceptors (Lipinski definition) is 5. The SMILES string of the molecule is O=S(=O)(NCc1cscn1)c1ccc(CCCO)cc1. The maximum absolute atomic E-state index is 12.1. The fourth-order valence-electron chi connectivity index (χ4n) is 1.70. The Labute approximate surface area is 122 Å². The minimum absolute atomic E-state index is 0.134. The molecule has 108 valence electrons. The van der Waals surface area contributed by atoms with Crippen LogP contribution >= 0.6 is 11.3 Å². The van der Waals surface area contributed by atoms with Crippen molar-refractivity contribution in [3.8, 4) is 0 Å². The Bertz CT molecular complexity index is 622. The average molecular weight is 312 g/mol. The summed E-state index contributed by atoms with van der Waals surface area (Å²) in [5.74, 6) is 0. The van der Waals surface area contributed by atoms with Gasteiger partial charge in [0, 0.05) is 12.0 Å². The maximum atomic E-state index is 12.1. The van der Waals surface area contributed by atoms with Gasteiger partial charge in [-0.2, -0.15) is 0 Å². The van der Waals surface area contributed by atoms with Crippen LogP contribution in [0.1, 0.15) is 17.7 Å². The molecule has 1 aromatic carbocycles. The third-order valence-corrected chi connectivity index (χ3v) is 4.84. The molecule has 0 bridgehead atoms. The number of hydrogen-bond donors (Lipinski definition) is 2. The van der Waals surface area contributed by atoms with E-state index < -0.39 is 10.0 Å². The number of aryl methyl sites for hydroxylation is 1. The molecule has 0 atom stereocenters. The van der Waals surface area contributed by atoms with Gasteiger partial charge < -0.3 is 5.11 Å². The number of aliphatic hydroxyl groups is 1. The molecule has 20 heavy (non-hydrogen) atoms. The van der Waals surface area contributed by atoms with Gasteiger partial charge in [0.25, 0.3) is 0 Å². The topological polar surface area (TPSA) is 79.3 Å². The van der Waals surface area contributed by atoms with Gasteiger partial charge in [-0.15, -0.1) is 11.3 Å². The molecule has 0 saturated heterocycles. The number of nitrogens with one attached hydrogen (secondary N) is 1. The molecule has 0 radical (unpaired) electrons. The van der Waals surface area contributed by atoms with Gasteiger partial charge in [0.2, 0.25) is 10.0 Å². The summed E-state index contributed by atoms with van der Waals surface area (Å²) in [6.45, 7) is 0.327. The van der Waals surface area contributed by atoms with Crippen LogP contribution in [-0.2, 0) is 23.0 Å². The highest BCUT2D eigenvalue weighted by molar-refractivity contribution is 7.89. The first-order valence-corrected chi connectivity index (χ1v) is 8.61. The Kier molecular flexibility index (Phi) is 5.24. The molecule has 0 spiro atoms. The summed E-state index contributed by atoms with van der Waals surface area (Å²) in [5.41, 5.74) is 3.38. The van der Waals surface area contributed by atoms with Gasteiger partial charge in [0.15, 0.2) is 0 Å². The number of nitrogens with zero attached hydrogens (tertiary/aromatic N) is 1. The monoisotopic (exact) mass is 312 g/mol. The Hall–Kier alpha value is -1.28. The van der Waals surface area contributed by atoms with Crippen LogP contribution in [0.3, 0.4) is 0 Å². The fraction of sp³-hybridized carbons (Fsp3) is 0.308. The third-order valence-electron chi connectivity index (χ3n) is 2.78. The number of aliphatic hydroxyl groups excluding tert-OH is 1. The Morgan fingerprint density at radius 3 is 2.60 bits per heavy atom. The van der Waals surface area contributed by atoms with Crippen LogP contribution in [0.25, 0.3) is 0 Å². The van der Waals surface area contributed by atoms with Gasteiger partial charge in [0.05, 0.1) is 22.6 Å². The standard InChI is InChI=1S/C13H16N2O3S2/c16-7-1-2-11-3-5-13(6-4-11)20(17,18)15-8-12-9-19-10-14-12/h3-6,9-10,15-16H,1-2,7-8H2. The van der Waals surface area contributed by atoms with Crippen molar-refractivity contribution in [1.29, 1.82) is 0 Å². The molecule has 2 rings (SSSR count). The molecule has 7 heteroatoms. The van der Waals surface area contributed by atoms with Crippen LogP contribution < -0.4 is 4.72 Å². The zero-order chi connectivity index (χ0) is 14.4. The number of sulfonamides is 1. The summed E-state index contributed by atoms with van der Waals surface area (Å²) in [6.07, 6.45) is 1.41. The van der Waals surface area contributed by atoms with Crippen molar-refractivity contribution in [1.82, 2.24) is 9.71 Å². The van der Waals surface area contributed by atoms with E-state index in [4.69, 9.17) is 5.11 Å². The second-order valence-electron chi connectivity index (χ2n) is 4.28. The van der Waals surface area contributed by atoms with Crippen LogP contribution in [0, 0.1) is 0 Å². The molecule has 5 nitrogen and oxygen atoms in total. The van der Waals surface area contributed by atoms with Crippen molar-refractivity contribution >= 4 is 21.4 Å². The van der Waals surface area contributed by atoms with Gasteiger partial charge in [-0.3, -0.25) is 0 Å². The molecular weight excluding hydrogens is 296 g/mol. The van der Waals surface area contributed by atoms with Crippen molar-refractivity contribution in [3.05, 3.63) is 46.4 Å². The lowest BCUT2D eigenvalue weighted by molar-refractivity contribution is 0.288. The van der Waals surface area contributed by atoms with E-state index in [2.05, 4.69) is 9.71 Å². The van der Waals surface area contributed by atoms with E-state index in [1.165, 1.54) is 11.3 Å². The Balaban J connectivity index is 2.01. The molecule has 0 fully saturated rings. The smallest absolute Gasteiger partial charge is 0.240 e. The highest BCUT2D eigenvalue weighted by Gasteiger charge is 2.13. The minimum atomic E-state index is -3.51. The molecule has 2 N–H and O–H groups in total. The van der Waals surface area contributed by atoms with E-state index in [0.717, 1.165) is 12.0 Å². The Morgan fingerprint density at radius 2 is 2.00 bits per heavy atom. The highest BCUT2D eigenvalue weighted by atomic mass is 32.2. The van der Waals surface area contributed by atoms with Crippen LogP contribution in [0.15, 0.2) is 40.1 Å². The normalized spacial score (nSPS) is 11.7. The molecule has 0 aliphatic carbocycles. The van der Waals surface area contributed by atoms with Gasteiger partial charge in [-0.25, -0.2) is 18.1 Å². The van der Waals surface area contributed by atoms with E-state index in [0.29, 0.717) is 12.1 Å². The lowest BCUT2D eigenvalue weighted by Gasteiger charge is -2.06. The number of thiazole rings is 1. The number of benzene rings is 1. The number of aromatic nitrogens is 1. The minimum Gasteiger partial charge on any atom is -0.396 e. The van der Waals surface area contributed by atoms with Gasteiger partial charge >= 0.3 is 0 Å². The number of rotatable bonds is 7. The van der Waals surface area contributed by atoms with Crippen LogP contribution in [0.2, 0.25) is 0 Å². The summed E-state index contributed by atoms with van der Waals surface area (Å²) >= 11 is 1.43. The average Bonchev–Trinajstić information content (AvgIpc) is 2.97. The van der Waals surface area contributed by atoms with E-state index in [-0.39, 0.29) is 18.0 Å². The molecule has 0 saturated carbocycles. The summed E-state index contributed by atoms with van der Waals surface area (Å²) in [4.78, 5) is 4.27. The summed E-state index contributed by atoms with van der Waals surface area (Å²) < 4.78 is 26.7. The van der Waals surface area contributed by atoms with Gasteiger partial charge in [-0.1, -0.05) is 12.1 Å². The van der Waals surface area contributed by atoms with E-state index in [1.54, 1.807) is 35.2 Å². The van der Waals surface area contributed by atoms with E-state index >= 15 is 0 Å². The molecule has 1 heterocycles. The van der Waals surface area contributed by atoms with Crippen molar-refractivity contribution < 1.29 is 13.5 Å². The van der Waals surface area contributed by atoms with Crippen molar-refractivity contribution in [2.24, 2.45) is 0 Å². The second-order valence-corrected chi connectivity index (χ2v) is 6.76. The summed E-state index contributed by atoms with van der Waals surface area (Å²) in [6, 6.07) is 6.70. The molecule has 0 aliphatic rings. The van der Waals surface area contributed by atoms with Crippen molar-refractivity contribution in [3.63, 3.8) is 0 Å². The zero-order valence-electron chi connectivity index (χ0n) is 10.8. The molecule has 1 aromatic heterocycles. The first-order chi connectivity index (χ1) is 9.62. The third kappa shape index (κ3) is 4.11. The second kappa shape index (κ2) is 6.94. The molecule has 0 aliphatic heterocycles. The summed E-state index contributed by atoms with van der Waals surface area (Å²) in [7, 11) is -3.51. The molecule has 0 unspecified atom stereocenters. The molecular formula is C13H16N2O3S2. The summed E-state index contributed by atoms with van der Waals surface area (Å²) in [5, 5.41) is 10.6. The zero-order valence-corrected chi connectivity index (χ0v) is 12.5. The van der Waals surface area contributed by atoms with Crippen LogP contribution in [0.5, 0.6) is 0 Å². The predicted molar refractivity (Wildman–Crippen MR) is 78.0 cm³/mol. The molecule has 0 amide bonds. The van der Waals surface area contributed by atoms with Crippen LogP contribution in [0.4, 0.5) is 0 Å². The van der Waals surface area contributed by atoms with Crippen molar-refractivity contribution in [2.75, 3.05) is 6.61 Å². The van der Waals surface area contributed by atoms with E-state index in [9.17, 15) is 8.42 Å². The van der Waals surface area contributed by atoms with Crippen molar-refractivity contribution in [2.45, 2.75) is 24.3 Å². The lowest BCUT2D eigenvalue weighted by atomic mass is 10.1. The van der Waals surface area contributed by atoms with Gasteiger partial charge in [0.1, 0.15) is 0 Å². The van der Waals surface area contributed by atoms with Crippen LogP contribution in [-0.4, -0.2) is 25.1 Å². The van der Waals surface area contributed by atoms with Gasteiger partial charge in [-0.05, 0) is 30.5 Å². The van der Waals surface area contributed by atoms with E-state index in [1.807, 2.05) is 0 Å². The largest absolute Gasteiger partial charge is 0.396 e. The maximum Gasteiger partial charge on any atom is 0.240 e. The lowest BCUT2D eigenvalue weighted by Crippen LogP contribution is -2.23. The quantitative estimate of drug-likeness (QED) is 0.813. The highest BCUT2D eigenvalue weighted by Crippen LogP contribution is 2.12.